The van der Waals surface area contributed by atoms with Gasteiger partial charge in [0.2, 0.25) is 0 Å². The average Bonchev–Trinajstić information content (AvgIpc) is 2.42. The van der Waals surface area contributed by atoms with Crippen LogP contribution in [-0.2, 0) is 4.79 Å². The van der Waals surface area contributed by atoms with Crippen molar-refractivity contribution in [3.05, 3.63) is 36.4 Å². The molecule has 1 aromatic rings. The Morgan fingerprint density at radius 2 is 2.09 bits per heavy atom. The highest BCUT2D eigenvalue weighted by atomic mass is 16.5. The van der Waals surface area contributed by atoms with E-state index in [4.69, 9.17) is 10.5 Å². The van der Waals surface area contributed by atoms with Gasteiger partial charge in [0.25, 0.3) is 5.91 Å². The van der Waals surface area contributed by atoms with Crippen molar-refractivity contribution in [3.8, 4) is 5.75 Å². The molecular formula is C18H26N2O2. The highest BCUT2D eigenvalue weighted by Gasteiger charge is 2.40. The average molecular weight is 302 g/mol. The van der Waals surface area contributed by atoms with Crippen molar-refractivity contribution in [2.45, 2.75) is 45.8 Å². The van der Waals surface area contributed by atoms with E-state index in [2.05, 4.69) is 20.4 Å². The normalized spacial score (nSPS) is 17.9. The highest BCUT2D eigenvalue weighted by molar-refractivity contribution is 6.02. The molecule has 1 aliphatic rings. The number of nitrogens with two attached hydrogens (primary N) is 1. The molecule has 0 fully saturated rings. The molecule has 1 amide bonds. The van der Waals surface area contributed by atoms with Crippen LogP contribution in [0.5, 0.6) is 5.75 Å². The van der Waals surface area contributed by atoms with Gasteiger partial charge in [0.1, 0.15) is 5.75 Å². The van der Waals surface area contributed by atoms with Crippen LogP contribution in [0.2, 0.25) is 0 Å². The number of carbonyl (C=O) groups is 1. The third-order valence-corrected chi connectivity index (χ3v) is 3.86. The maximum absolute atomic E-state index is 12.6. The summed E-state index contributed by atoms with van der Waals surface area (Å²) in [6.45, 7) is 12.1. The number of carbonyl (C=O) groups excluding carboxylic acids is 1. The number of ether oxygens (including phenoxy) is 1. The molecule has 1 unspecified atom stereocenters. The predicted molar refractivity (Wildman–Crippen MR) is 90.1 cm³/mol. The maximum atomic E-state index is 12.6. The van der Waals surface area contributed by atoms with Gasteiger partial charge in [0.05, 0.1) is 5.69 Å². The maximum Gasteiger partial charge on any atom is 0.270 e. The third kappa shape index (κ3) is 3.17. The summed E-state index contributed by atoms with van der Waals surface area (Å²) in [5, 5.41) is 0. The molecule has 22 heavy (non-hydrogen) atoms. The lowest BCUT2D eigenvalue weighted by Crippen LogP contribution is -2.52. The van der Waals surface area contributed by atoms with E-state index >= 15 is 0 Å². The molecule has 2 N–H and O–H groups in total. The summed E-state index contributed by atoms with van der Waals surface area (Å²) in [4.78, 5) is 14.3. The van der Waals surface area contributed by atoms with Crippen LogP contribution in [0.25, 0.3) is 0 Å². The van der Waals surface area contributed by atoms with E-state index in [1.807, 2.05) is 18.2 Å². The molecule has 0 saturated heterocycles. The largest absolute Gasteiger partial charge is 0.476 e. The van der Waals surface area contributed by atoms with Crippen LogP contribution in [0.1, 0.15) is 45.7 Å². The second-order valence-electron chi connectivity index (χ2n) is 6.78. The number of benzene rings is 1. The molecule has 0 aromatic heterocycles. The van der Waals surface area contributed by atoms with Gasteiger partial charge in [-0.25, -0.2) is 0 Å². The summed E-state index contributed by atoms with van der Waals surface area (Å²) in [7, 11) is 0. The molecule has 120 valence electrons. The number of hydrogen-bond acceptors (Lipinski definition) is 3. The number of amides is 1. The first kappa shape index (κ1) is 16.6. The summed E-state index contributed by atoms with van der Waals surface area (Å²) >= 11 is 0. The van der Waals surface area contributed by atoms with Crippen molar-refractivity contribution in [2.24, 2.45) is 11.7 Å². The fourth-order valence-corrected chi connectivity index (χ4v) is 2.77. The summed E-state index contributed by atoms with van der Waals surface area (Å²) in [6, 6.07) is 5.83. The van der Waals surface area contributed by atoms with Crippen molar-refractivity contribution in [1.29, 1.82) is 0 Å². The number of nitrogens with zero attached hydrogens (tertiary/aromatic N) is 1. The van der Waals surface area contributed by atoms with E-state index in [1.165, 1.54) is 0 Å². The Hall–Kier alpha value is -1.81. The van der Waals surface area contributed by atoms with Crippen LogP contribution in [-0.4, -0.2) is 18.1 Å². The second kappa shape index (κ2) is 6.13. The quantitative estimate of drug-likeness (QED) is 0.848. The fraction of sp³-hybridized carbons (Fsp3) is 0.500. The molecule has 2 rings (SSSR count). The Bertz CT molecular complexity index is 578. The SMILES string of the molecule is C=CCN1C(=O)C(C)(C)Oc2ccc(C(N)CC(C)C)cc21. The minimum absolute atomic E-state index is 0.0408. The second-order valence-corrected chi connectivity index (χ2v) is 6.78. The van der Waals surface area contributed by atoms with Crippen molar-refractivity contribution in [3.63, 3.8) is 0 Å². The molecule has 1 heterocycles. The first-order chi connectivity index (χ1) is 10.3. The van der Waals surface area contributed by atoms with Crippen LogP contribution >= 0.6 is 0 Å². The Morgan fingerprint density at radius 3 is 2.68 bits per heavy atom. The zero-order chi connectivity index (χ0) is 16.5. The van der Waals surface area contributed by atoms with E-state index in [0.717, 1.165) is 17.7 Å². The van der Waals surface area contributed by atoms with Crippen molar-refractivity contribution < 1.29 is 9.53 Å². The highest BCUT2D eigenvalue weighted by Crippen LogP contribution is 2.39. The van der Waals surface area contributed by atoms with Crippen molar-refractivity contribution >= 4 is 11.6 Å². The molecular weight excluding hydrogens is 276 g/mol. The smallest absolute Gasteiger partial charge is 0.270 e. The Balaban J connectivity index is 2.42. The number of fused-ring (bicyclic) bond motifs is 1. The van der Waals surface area contributed by atoms with Gasteiger partial charge in [-0.15, -0.1) is 6.58 Å². The summed E-state index contributed by atoms with van der Waals surface area (Å²) in [6.07, 6.45) is 2.63. The number of anilines is 1. The van der Waals surface area contributed by atoms with E-state index in [0.29, 0.717) is 18.2 Å². The Kier molecular flexibility index (Phi) is 4.61. The van der Waals surface area contributed by atoms with E-state index < -0.39 is 5.60 Å². The fourth-order valence-electron chi connectivity index (χ4n) is 2.77. The number of rotatable bonds is 5. The monoisotopic (exact) mass is 302 g/mol. The minimum Gasteiger partial charge on any atom is -0.476 e. The standard InChI is InChI=1S/C18H26N2O2/c1-6-9-20-15-11-13(14(19)10-12(2)3)7-8-16(15)22-18(4,5)17(20)21/h6-8,11-12,14H,1,9-10,19H2,2-5H3. The lowest BCUT2D eigenvalue weighted by Gasteiger charge is -2.38. The van der Waals surface area contributed by atoms with Crippen LogP contribution < -0.4 is 15.4 Å². The minimum atomic E-state index is -0.864. The molecule has 0 bridgehead atoms. The van der Waals surface area contributed by atoms with Crippen LogP contribution in [0.4, 0.5) is 5.69 Å². The van der Waals surface area contributed by atoms with Gasteiger partial charge in [-0.3, -0.25) is 4.79 Å². The van der Waals surface area contributed by atoms with Crippen molar-refractivity contribution in [2.75, 3.05) is 11.4 Å². The predicted octanol–water partition coefficient (Wildman–Crippen LogP) is 3.42. The first-order valence-corrected chi connectivity index (χ1v) is 7.77. The summed E-state index contributed by atoms with van der Waals surface area (Å²) < 4.78 is 5.86. The molecule has 1 aliphatic heterocycles. The van der Waals surface area contributed by atoms with Crippen LogP contribution in [0.15, 0.2) is 30.9 Å². The molecule has 1 atom stereocenters. The van der Waals surface area contributed by atoms with Crippen molar-refractivity contribution in [1.82, 2.24) is 0 Å². The summed E-state index contributed by atoms with van der Waals surface area (Å²) in [5.74, 6) is 1.17. The van der Waals surface area contributed by atoms with Gasteiger partial charge in [-0.05, 0) is 43.9 Å². The van der Waals surface area contributed by atoms with E-state index in [-0.39, 0.29) is 11.9 Å². The molecule has 0 spiro atoms. The van der Waals surface area contributed by atoms with Crippen LogP contribution in [0, 0.1) is 5.92 Å². The van der Waals surface area contributed by atoms with Gasteiger partial charge >= 0.3 is 0 Å². The van der Waals surface area contributed by atoms with Gasteiger partial charge in [0, 0.05) is 12.6 Å². The molecule has 4 nitrogen and oxygen atoms in total. The Morgan fingerprint density at radius 1 is 1.41 bits per heavy atom. The van der Waals surface area contributed by atoms with Gasteiger partial charge < -0.3 is 15.4 Å². The van der Waals surface area contributed by atoms with Gasteiger partial charge in [-0.2, -0.15) is 0 Å². The topological polar surface area (TPSA) is 55.6 Å². The molecule has 0 aliphatic carbocycles. The zero-order valence-corrected chi connectivity index (χ0v) is 13.9. The molecule has 0 saturated carbocycles. The molecule has 1 aromatic carbocycles. The molecule has 4 heteroatoms. The number of hydrogen-bond donors (Lipinski definition) is 1. The van der Waals surface area contributed by atoms with Gasteiger partial charge in [0.15, 0.2) is 5.60 Å². The lowest BCUT2D eigenvalue weighted by atomic mass is 9.96. The van der Waals surface area contributed by atoms with Crippen LogP contribution in [0.3, 0.4) is 0 Å². The Labute approximate surface area is 132 Å². The third-order valence-electron chi connectivity index (χ3n) is 3.86. The van der Waals surface area contributed by atoms with E-state index in [9.17, 15) is 4.79 Å². The molecule has 0 radical (unpaired) electrons. The van der Waals surface area contributed by atoms with E-state index in [1.54, 1.807) is 24.8 Å². The first-order valence-electron chi connectivity index (χ1n) is 7.77. The summed E-state index contributed by atoms with van der Waals surface area (Å²) in [5.41, 5.74) is 7.21. The van der Waals surface area contributed by atoms with Gasteiger partial charge in [-0.1, -0.05) is 26.0 Å². The zero-order valence-electron chi connectivity index (χ0n) is 13.9. The lowest BCUT2D eigenvalue weighted by molar-refractivity contribution is -0.132.